The molecule has 1 amide bonds. The van der Waals surface area contributed by atoms with Gasteiger partial charge in [0, 0.05) is 0 Å². The van der Waals surface area contributed by atoms with Crippen molar-refractivity contribution in [1.29, 1.82) is 0 Å². The van der Waals surface area contributed by atoms with Gasteiger partial charge in [-0.1, -0.05) is 53.5 Å². The predicted molar refractivity (Wildman–Crippen MR) is 89.4 cm³/mol. The maximum absolute atomic E-state index is 11.7. The molecule has 104 valence electrons. The lowest BCUT2D eigenvalue weighted by Crippen LogP contribution is -2.14. The van der Waals surface area contributed by atoms with Crippen LogP contribution in [0.3, 0.4) is 0 Å². The van der Waals surface area contributed by atoms with Crippen LogP contribution in [0.2, 0.25) is 10.0 Å². The Morgan fingerprint density at radius 3 is 2.55 bits per heavy atom. The molecule has 2 rings (SSSR count). The summed E-state index contributed by atoms with van der Waals surface area (Å²) in [6.45, 7) is 0.203. The summed E-state index contributed by atoms with van der Waals surface area (Å²) in [6.07, 6.45) is -0.561. The van der Waals surface area contributed by atoms with E-state index >= 15 is 0 Å². The minimum absolute atomic E-state index is 0.203. The van der Waals surface area contributed by atoms with Crippen LogP contribution >= 0.6 is 45.8 Å². The van der Waals surface area contributed by atoms with Crippen LogP contribution in [0.5, 0.6) is 0 Å². The van der Waals surface area contributed by atoms with E-state index < -0.39 is 6.09 Å². The Morgan fingerprint density at radius 2 is 1.85 bits per heavy atom. The standard InChI is InChI=1S/C14H10Cl2INO2/c15-10-6-7-11(12(16)13(10)17)18-14(19)20-8-9-4-2-1-3-5-9/h1-7H,8H2,(H,18,19). The molecule has 0 radical (unpaired) electrons. The van der Waals surface area contributed by atoms with E-state index in [4.69, 9.17) is 27.9 Å². The van der Waals surface area contributed by atoms with Crippen LogP contribution in [0, 0.1) is 3.57 Å². The van der Waals surface area contributed by atoms with Gasteiger partial charge >= 0.3 is 6.09 Å². The first-order valence-electron chi connectivity index (χ1n) is 5.69. The van der Waals surface area contributed by atoms with Gasteiger partial charge in [0.25, 0.3) is 0 Å². The quantitative estimate of drug-likeness (QED) is 0.536. The summed E-state index contributed by atoms with van der Waals surface area (Å²) in [5.74, 6) is 0. The van der Waals surface area contributed by atoms with Crippen molar-refractivity contribution in [3.05, 3.63) is 61.6 Å². The fourth-order valence-electron chi connectivity index (χ4n) is 1.49. The zero-order valence-corrected chi connectivity index (χ0v) is 13.9. The highest BCUT2D eigenvalue weighted by atomic mass is 127. The lowest BCUT2D eigenvalue weighted by atomic mass is 10.2. The van der Waals surface area contributed by atoms with Crippen molar-refractivity contribution in [3.8, 4) is 0 Å². The lowest BCUT2D eigenvalue weighted by molar-refractivity contribution is 0.155. The van der Waals surface area contributed by atoms with Gasteiger partial charge in [-0.25, -0.2) is 4.79 Å². The molecule has 20 heavy (non-hydrogen) atoms. The van der Waals surface area contributed by atoms with E-state index in [0.717, 1.165) is 5.56 Å². The minimum atomic E-state index is -0.561. The molecule has 0 atom stereocenters. The van der Waals surface area contributed by atoms with Gasteiger partial charge in [0.2, 0.25) is 0 Å². The first kappa shape index (κ1) is 15.4. The maximum Gasteiger partial charge on any atom is 0.412 e. The highest BCUT2D eigenvalue weighted by Gasteiger charge is 2.11. The van der Waals surface area contributed by atoms with Gasteiger partial charge in [-0.15, -0.1) is 0 Å². The van der Waals surface area contributed by atoms with Crippen molar-refractivity contribution in [2.75, 3.05) is 5.32 Å². The molecule has 3 nitrogen and oxygen atoms in total. The van der Waals surface area contributed by atoms with Crippen LogP contribution in [-0.4, -0.2) is 6.09 Å². The Balaban J connectivity index is 1.97. The summed E-state index contributed by atoms with van der Waals surface area (Å²) < 4.78 is 5.80. The molecule has 0 bridgehead atoms. The van der Waals surface area contributed by atoms with Crippen molar-refractivity contribution in [1.82, 2.24) is 0 Å². The Bertz CT molecular complexity index is 620. The second-order valence-corrected chi connectivity index (χ2v) is 5.77. The first-order chi connectivity index (χ1) is 9.58. The minimum Gasteiger partial charge on any atom is -0.444 e. The van der Waals surface area contributed by atoms with Gasteiger partial charge in [0.1, 0.15) is 6.61 Å². The van der Waals surface area contributed by atoms with E-state index in [1.807, 2.05) is 52.9 Å². The van der Waals surface area contributed by atoms with Crippen molar-refractivity contribution in [2.24, 2.45) is 0 Å². The van der Waals surface area contributed by atoms with E-state index in [1.54, 1.807) is 12.1 Å². The SMILES string of the molecule is O=C(Nc1ccc(Cl)c(I)c1Cl)OCc1ccccc1. The van der Waals surface area contributed by atoms with Crippen molar-refractivity contribution in [3.63, 3.8) is 0 Å². The van der Waals surface area contributed by atoms with Crippen LogP contribution in [-0.2, 0) is 11.3 Å². The Labute approximate surface area is 140 Å². The predicted octanol–water partition coefficient (Wildman–Crippen LogP) is 5.35. The van der Waals surface area contributed by atoms with Crippen LogP contribution in [0.15, 0.2) is 42.5 Å². The van der Waals surface area contributed by atoms with E-state index in [1.165, 1.54) is 0 Å². The lowest BCUT2D eigenvalue weighted by Gasteiger charge is -2.10. The summed E-state index contributed by atoms with van der Waals surface area (Å²) in [5.41, 5.74) is 1.39. The number of anilines is 1. The highest BCUT2D eigenvalue weighted by molar-refractivity contribution is 14.1. The van der Waals surface area contributed by atoms with E-state index in [0.29, 0.717) is 19.3 Å². The monoisotopic (exact) mass is 421 g/mol. The van der Waals surface area contributed by atoms with E-state index in [-0.39, 0.29) is 6.61 Å². The summed E-state index contributed by atoms with van der Waals surface area (Å²) in [4.78, 5) is 11.7. The van der Waals surface area contributed by atoms with Gasteiger partial charge in [-0.3, -0.25) is 5.32 Å². The fraction of sp³-hybridized carbons (Fsp3) is 0.0714. The van der Waals surface area contributed by atoms with Crippen molar-refractivity contribution < 1.29 is 9.53 Å². The molecule has 0 fully saturated rings. The third kappa shape index (κ3) is 4.01. The van der Waals surface area contributed by atoms with Crippen LogP contribution in [0.25, 0.3) is 0 Å². The van der Waals surface area contributed by atoms with Crippen molar-refractivity contribution >= 4 is 57.6 Å². The normalized spacial score (nSPS) is 10.2. The van der Waals surface area contributed by atoms with Crippen molar-refractivity contribution in [2.45, 2.75) is 6.61 Å². The largest absolute Gasteiger partial charge is 0.444 e. The molecule has 1 N–H and O–H groups in total. The Morgan fingerprint density at radius 1 is 1.15 bits per heavy atom. The molecule has 0 aliphatic rings. The summed E-state index contributed by atoms with van der Waals surface area (Å²) >= 11 is 14.0. The number of halogens is 3. The molecule has 0 aromatic heterocycles. The zero-order valence-electron chi connectivity index (χ0n) is 10.2. The van der Waals surface area contributed by atoms with E-state index in [9.17, 15) is 4.79 Å². The molecular weight excluding hydrogens is 412 g/mol. The number of hydrogen-bond donors (Lipinski definition) is 1. The Kier molecular flexibility index (Phi) is 5.51. The van der Waals surface area contributed by atoms with Crippen LogP contribution in [0.4, 0.5) is 10.5 Å². The molecule has 0 heterocycles. The van der Waals surface area contributed by atoms with Gasteiger partial charge < -0.3 is 4.74 Å². The molecule has 0 spiro atoms. The molecule has 0 aliphatic carbocycles. The van der Waals surface area contributed by atoms with Gasteiger partial charge in [-0.2, -0.15) is 0 Å². The summed E-state index contributed by atoms with van der Waals surface area (Å²) in [7, 11) is 0. The molecule has 0 unspecified atom stereocenters. The Hall–Kier alpha value is -0.980. The molecule has 0 saturated heterocycles. The third-order valence-electron chi connectivity index (χ3n) is 2.48. The third-order valence-corrected chi connectivity index (χ3v) is 4.95. The fourth-order valence-corrected chi connectivity index (χ4v) is 2.38. The first-order valence-corrected chi connectivity index (χ1v) is 7.52. The maximum atomic E-state index is 11.7. The van der Waals surface area contributed by atoms with Gasteiger partial charge in [0.05, 0.1) is 19.3 Å². The number of amides is 1. The molecular formula is C14H10Cl2INO2. The van der Waals surface area contributed by atoms with Gasteiger partial charge in [0.15, 0.2) is 0 Å². The second kappa shape index (κ2) is 7.15. The number of hydrogen-bond acceptors (Lipinski definition) is 2. The number of ether oxygens (including phenoxy) is 1. The second-order valence-electron chi connectivity index (χ2n) is 3.91. The van der Waals surface area contributed by atoms with Gasteiger partial charge in [-0.05, 0) is 40.3 Å². The molecule has 0 aliphatic heterocycles. The molecule has 2 aromatic carbocycles. The number of benzene rings is 2. The summed E-state index contributed by atoms with van der Waals surface area (Å²) in [5, 5.41) is 3.53. The van der Waals surface area contributed by atoms with Crippen LogP contribution in [0.1, 0.15) is 5.56 Å². The topological polar surface area (TPSA) is 38.3 Å². The molecule has 6 heteroatoms. The number of carbonyl (C=O) groups is 1. The average Bonchev–Trinajstić information content (AvgIpc) is 2.47. The molecule has 0 saturated carbocycles. The average molecular weight is 422 g/mol. The number of carbonyl (C=O) groups excluding carboxylic acids is 1. The van der Waals surface area contributed by atoms with E-state index in [2.05, 4.69) is 5.32 Å². The number of nitrogens with one attached hydrogen (secondary N) is 1. The smallest absolute Gasteiger partial charge is 0.412 e. The van der Waals surface area contributed by atoms with Crippen LogP contribution < -0.4 is 5.32 Å². The molecule has 2 aromatic rings. The number of rotatable bonds is 3. The zero-order chi connectivity index (χ0) is 14.5. The summed E-state index contributed by atoms with van der Waals surface area (Å²) in [6, 6.07) is 12.7. The highest BCUT2D eigenvalue weighted by Crippen LogP contribution is 2.32.